The van der Waals surface area contributed by atoms with Gasteiger partial charge in [0.15, 0.2) is 0 Å². The van der Waals surface area contributed by atoms with E-state index in [1.54, 1.807) is 12.4 Å². The maximum absolute atomic E-state index is 6.35. The minimum absolute atomic E-state index is 0.143. The highest BCUT2D eigenvalue weighted by Crippen LogP contribution is 2.21. The molecule has 2 rings (SSSR count). The molecule has 0 bridgehead atoms. The maximum Gasteiger partial charge on any atom is 0.0621 e. The van der Waals surface area contributed by atoms with E-state index in [0.717, 1.165) is 31.2 Å². The summed E-state index contributed by atoms with van der Waals surface area (Å²) < 4.78 is 0. The molecule has 1 nitrogen and oxygen atoms in total. The van der Waals surface area contributed by atoms with Crippen LogP contribution in [0.1, 0.15) is 23.3 Å². The summed E-state index contributed by atoms with van der Waals surface area (Å²) in [5.74, 6) is 0. The molecule has 0 N–H and O–H groups in total. The average Bonchev–Trinajstić information content (AvgIpc) is 2.85. The molecule has 0 radical (unpaired) electrons. The Hall–Kier alpha value is -0.570. The second kappa shape index (κ2) is 7.13. The first-order valence-corrected chi connectivity index (χ1v) is 7.70. The fourth-order valence-corrected chi connectivity index (χ4v) is 3.13. The van der Waals surface area contributed by atoms with Crippen molar-refractivity contribution in [2.24, 2.45) is 0 Å². The molecule has 0 fully saturated rings. The third-order valence-corrected chi connectivity index (χ3v) is 4.47. The number of aryl methyl sites for hydroxylation is 1. The number of nitrogens with zero attached hydrogens (tertiary/aromatic N) is 1. The lowest BCUT2D eigenvalue weighted by Gasteiger charge is -2.10. The second-order valence-electron chi connectivity index (χ2n) is 4.24. The molecule has 18 heavy (non-hydrogen) atoms. The number of halogens is 2. The summed E-state index contributed by atoms with van der Waals surface area (Å²) in [5, 5.41) is 2.97. The van der Waals surface area contributed by atoms with Crippen molar-refractivity contribution < 1.29 is 0 Å². The van der Waals surface area contributed by atoms with Gasteiger partial charge in [-0.05, 0) is 48.8 Å². The third kappa shape index (κ3) is 4.27. The van der Waals surface area contributed by atoms with Crippen LogP contribution in [0.4, 0.5) is 0 Å². The summed E-state index contributed by atoms with van der Waals surface area (Å²) in [5.41, 5.74) is 1.09. The highest BCUT2D eigenvalue weighted by Gasteiger charge is 2.09. The van der Waals surface area contributed by atoms with Gasteiger partial charge in [0.25, 0.3) is 0 Å². The largest absolute Gasteiger partial charge is 0.263 e. The van der Waals surface area contributed by atoms with E-state index in [1.807, 2.05) is 17.4 Å². The van der Waals surface area contributed by atoms with Gasteiger partial charge < -0.3 is 0 Å². The minimum atomic E-state index is 0.143. The highest BCUT2D eigenvalue weighted by molar-refractivity contribution is 7.09. The Balaban J connectivity index is 1.75. The number of rotatable bonds is 6. The first-order valence-electron chi connectivity index (χ1n) is 6.00. The molecule has 0 aliphatic heterocycles. The summed E-state index contributed by atoms with van der Waals surface area (Å²) in [6.07, 6.45) is 7.50. The normalized spacial score (nSPS) is 12.6. The summed E-state index contributed by atoms with van der Waals surface area (Å²) >= 11 is 14.2. The molecule has 0 saturated carbocycles. The molecule has 0 aliphatic rings. The van der Waals surface area contributed by atoms with Gasteiger partial charge in [0.1, 0.15) is 0 Å². The number of pyridine rings is 1. The zero-order chi connectivity index (χ0) is 12.8. The number of aromatic nitrogens is 1. The Morgan fingerprint density at radius 2 is 2.22 bits per heavy atom. The molecular formula is C14H15Cl2NS. The Bertz CT molecular complexity index is 470. The first-order chi connectivity index (χ1) is 8.75. The van der Waals surface area contributed by atoms with Crippen LogP contribution in [0.3, 0.4) is 0 Å². The lowest BCUT2D eigenvalue weighted by Crippen LogP contribution is -2.04. The third-order valence-electron chi connectivity index (χ3n) is 2.82. The lowest BCUT2D eigenvalue weighted by molar-refractivity contribution is 0.689. The van der Waals surface area contributed by atoms with Crippen LogP contribution in [0, 0.1) is 0 Å². The van der Waals surface area contributed by atoms with Crippen LogP contribution in [0.2, 0.25) is 5.02 Å². The Morgan fingerprint density at radius 1 is 1.33 bits per heavy atom. The van der Waals surface area contributed by atoms with Crippen molar-refractivity contribution in [3.63, 3.8) is 0 Å². The van der Waals surface area contributed by atoms with E-state index in [0.29, 0.717) is 5.02 Å². The summed E-state index contributed by atoms with van der Waals surface area (Å²) in [4.78, 5) is 5.41. The molecule has 1 unspecified atom stereocenters. The Morgan fingerprint density at radius 3 is 2.94 bits per heavy atom. The molecule has 2 heterocycles. The van der Waals surface area contributed by atoms with Gasteiger partial charge in [0, 0.05) is 22.6 Å². The minimum Gasteiger partial charge on any atom is -0.263 e. The van der Waals surface area contributed by atoms with E-state index in [2.05, 4.69) is 22.5 Å². The predicted molar refractivity (Wildman–Crippen MR) is 79.8 cm³/mol. The molecule has 0 saturated heterocycles. The Kier molecular flexibility index (Phi) is 5.48. The highest BCUT2D eigenvalue weighted by atomic mass is 35.5. The fourth-order valence-electron chi connectivity index (χ4n) is 1.86. The van der Waals surface area contributed by atoms with Crippen molar-refractivity contribution in [2.75, 3.05) is 0 Å². The van der Waals surface area contributed by atoms with Gasteiger partial charge in [-0.1, -0.05) is 17.7 Å². The van der Waals surface area contributed by atoms with Gasteiger partial charge >= 0.3 is 0 Å². The lowest BCUT2D eigenvalue weighted by atomic mass is 10.1. The van der Waals surface area contributed by atoms with Gasteiger partial charge in [0.05, 0.1) is 5.02 Å². The molecule has 0 amide bonds. The van der Waals surface area contributed by atoms with Crippen LogP contribution in [0.15, 0.2) is 36.0 Å². The monoisotopic (exact) mass is 299 g/mol. The molecule has 2 aromatic heterocycles. The maximum atomic E-state index is 6.35. The van der Waals surface area contributed by atoms with E-state index < -0.39 is 0 Å². The zero-order valence-corrected chi connectivity index (χ0v) is 12.3. The van der Waals surface area contributed by atoms with Gasteiger partial charge in [-0.15, -0.1) is 22.9 Å². The van der Waals surface area contributed by atoms with Crippen LogP contribution in [-0.4, -0.2) is 10.4 Å². The number of thiophene rings is 1. The van der Waals surface area contributed by atoms with E-state index >= 15 is 0 Å². The van der Waals surface area contributed by atoms with Crippen LogP contribution in [0.25, 0.3) is 0 Å². The quantitative estimate of drug-likeness (QED) is 0.686. The number of hydrogen-bond donors (Lipinski definition) is 0. The van der Waals surface area contributed by atoms with Gasteiger partial charge in [-0.25, -0.2) is 0 Å². The van der Waals surface area contributed by atoms with E-state index in [9.17, 15) is 0 Å². The smallest absolute Gasteiger partial charge is 0.0621 e. The first kappa shape index (κ1) is 13.9. The molecule has 0 aromatic carbocycles. The summed E-state index contributed by atoms with van der Waals surface area (Å²) in [7, 11) is 0. The fraction of sp³-hybridized carbons (Fsp3) is 0.357. The molecule has 0 spiro atoms. The predicted octanol–water partition coefficient (Wildman–Crippen LogP) is 4.97. The zero-order valence-electron chi connectivity index (χ0n) is 9.98. The van der Waals surface area contributed by atoms with Gasteiger partial charge in [-0.2, -0.15) is 0 Å². The van der Waals surface area contributed by atoms with Crippen LogP contribution >= 0.6 is 34.5 Å². The van der Waals surface area contributed by atoms with E-state index in [-0.39, 0.29) is 5.38 Å². The SMILES string of the molecule is Clc1cnccc1CC(Cl)CCCc1cccs1. The van der Waals surface area contributed by atoms with Gasteiger partial charge in [0.2, 0.25) is 0 Å². The van der Waals surface area contributed by atoms with E-state index in [4.69, 9.17) is 23.2 Å². The number of alkyl halides is 1. The molecular weight excluding hydrogens is 285 g/mol. The van der Waals surface area contributed by atoms with Crippen molar-refractivity contribution in [1.29, 1.82) is 0 Å². The number of hydrogen-bond acceptors (Lipinski definition) is 2. The second-order valence-corrected chi connectivity index (χ2v) is 6.30. The molecule has 1 atom stereocenters. The van der Waals surface area contributed by atoms with Gasteiger partial charge in [-0.3, -0.25) is 4.98 Å². The molecule has 2 aromatic rings. The van der Waals surface area contributed by atoms with Crippen molar-refractivity contribution in [3.8, 4) is 0 Å². The van der Waals surface area contributed by atoms with Crippen molar-refractivity contribution in [3.05, 3.63) is 51.4 Å². The average molecular weight is 300 g/mol. The van der Waals surface area contributed by atoms with Crippen molar-refractivity contribution in [1.82, 2.24) is 4.98 Å². The standard InChI is InChI=1S/C14H15Cl2NS/c15-12(3-1-4-13-5-2-8-18-13)9-11-6-7-17-10-14(11)16/h2,5-8,10,12H,1,3-4,9H2. The van der Waals surface area contributed by atoms with E-state index in [1.165, 1.54) is 4.88 Å². The van der Waals surface area contributed by atoms with Crippen molar-refractivity contribution in [2.45, 2.75) is 31.1 Å². The molecule has 0 aliphatic carbocycles. The Labute approximate surface area is 122 Å². The molecule has 96 valence electrons. The molecule has 4 heteroatoms. The van der Waals surface area contributed by atoms with Crippen LogP contribution in [0.5, 0.6) is 0 Å². The van der Waals surface area contributed by atoms with Crippen LogP contribution in [-0.2, 0) is 12.8 Å². The summed E-state index contributed by atoms with van der Waals surface area (Å²) in [6.45, 7) is 0. The summed E-state index contributed by atoms with van der Waals surface area (Å²) in [6, 6.07) is 6.21. The van der Waals surface area contributed by atoms with Crippen LogP contribution < -0.4 is 0 Å². The topological polar surface area (TPSA) is 12.9 Å². The van der Waals surface area contributed by atoms with Crippen molar-refractivity contribution >= 4 is 34.5 Å².